The number of nitrogens with zero attached hydrogens (tertiary/aromatic N) is 3. The third kappa shape index (κ3) is 6.47. The number of ether oxygens (including phenoxy) is 1. The molecular formula is C30H35FN4O3S. The van der Waals surface area contributed by atoms with E-state index >= 15 is 0 Å². The van der Waals surface area contributed by atoms with Crippen LogP contribution < -0.4 is 10.1 Å². The lowest BCUT2D eigenvalue weighted by atomic mass is 9.87. The van der Waals surface area contributed by atoms with Gasteiger partial charge in [0, 0.05) is 30.9 Å². The maximum Gasteiger partial charge on any atom is 0.270 e. The van der Waals surface area contributed by atoms with Crippen molar-refractivity contribution in [1.29, 1.82) is 0 Å². The number of amides is 2. The fourth-order valence-electron chi connectivity index (χ4n) is 5.44. The highest BCUT2D eigenvalue weighted by Gasteiger charge is 2.36. The molecule has 1 unspecified atom stereocenters. The van der Waals surface area contributed by atoms with E-state index in [0.29, 0.717) is 29.5 Å². The second-order valence-corrected chi connectivity index (χ2v) is 11.5. The normalized spacial score (nSPS) is 17.3. The average Bonchev–Trinajstić information content (AvgIpc) is 3.64. The van der Waals surface area contributed by atoms with E-state index in [2.05, 4.69) is 16.4 Å². The Kier molecular flexibility index (Phi) is 8.57. The Morgan fingerprint density at radius 3 is 2.67 bits per heavy atom. The van der Waals surface area contributed by atoms with Crippen molar-refractivity contribution in [3.05, 3.63) is 81.1 Å². The zero-order chi connectivity index (χ0) is 27.4. The topological polar surface area (TPSA) is 74.8 Å². The Balaban J connectivity index is 1.33. The summed E-state index contributed by atoms with van der Waals surface area (Å²) in [5.41, 5.74) is 3.46. The maximum absolute atomic E-state index is 13.8. The van der Waals surface area contributed by atoms with Crippen LogP contribution in [0.4, 0.5) is 4.39 Å². The standard InChI is InChI=1S/C30H35FN4O3S/c1-34(2)16-14-32-29(36)26-19-39-27(33-26)18-38-24-12-9-20-13-15-35(30(37)22-5-3-4-6-22)28(25(20)17-24)21-7-10-23(31)11-8-21/h7-12,17,19,22,28H,3-6,13-16,18H2,1-2H3,(H,32,36). The number of fused-ring (bicyclic) bond motifs is 1. The van der Waals surface area contributed by atoms with Crippen LogP contribution >= 0.6 is 11.3 Å². The van der Waals surface area contributed by atoms with Crippen LogP contribution in [-0.4, -0.2) is 60.3 Å². The Morgan fingerprint density at radius 1 is 1.15 bits per heavy atom. The third-order valence-electron chi connectivity index (χ3n) is 7.51. The van der Waals surface area contributed by atoms with E-state index in [1.54, 1.807) is 17.5 Å². The number of thiazole rings is 1. The molecule has 1 atom stereocenters. The molecule has 5 rings (SSSR count). The monoisotopic (exact) mass is 550 g/mol. The van der Waals surface area contributed by atoms with Crippen LogP contribution in [0.1, 0.15) is 63.9 Å². The van der Waals surface area contributed by atoms with Gasteiger partial charge in [-0.15, -0.1) is 11.3 Å². The molecule has 2 aromatic carbocycles. The molecule has 1 aromatic heterocycles. The number of carbonyl (C=O) groups excluding carboxylic acids is 2. The quantitative estimate of drug-likeness (QED) is 0.414. The molecule has 2 amide bonds. The highest BCUT2D eigenvalue weighted by Crippen LogP contribution is 2.39. The summed E-state index contributed by atoms with van der Waals surface area (Å²) in [6.07, 6.45) is 4.83. The lowest BCUT2D eigenvalue weighted by Crippen LogP contribution is -2.43. The Labute approximate surface area is 233 Å². The highest BCUT2D eigenvalue weighted by molar-refractivity contribution is 7.09. The molecule has 1 aliphatic carbocycles. The molecule has 2 aliphatic rings. The lowest BCUT2D eigenvalue weighted by Gasteiger charge is -2.39. The van der Waals surface area contributed by atoms with Crippen LogP contribution in [0, 0.1) is 11.7 Å². The summed E-state index contributed by atoms with van der Waals surface area (Å²) >= 11 is 1.39. The predicted molar refractivity (Wildman–Crippen MR) is 149 cm³/mol. The van der Waals surface area contributed by atoms with Crippen molar-refractivity contribution < 1.29 is 18.7 Å². The van der Waals surface area contributed by atoms with Crippen molar-refractivity contribution in [2.24, 2.45) is 5.92 Å². The van der Waals surface area contributed by atoms with E-state index in [-0.39, 0.29) is 36.2 Å². The Hall–Kier alpha value is -3.30. The van der Waals surface area contributed by atoms with Gasteiger partial charge in [-0.1, -0.05) is 31.0 Å². The molecule has 2 heterocycles. The summed E-state index contributed by atoms with van der Waals surface area (Å²) in [7, 11) is 3.91. The summed E-state index contributed by atoms with van der Waals surface area (Å²) < 4.78 is 19.9. The number of rotatable bonds is 9. The van der Waals surface area contributed by atoms with Crippen molar-refractivity contribution in [3.63, 3.8) is 0 Å². The van der Waals surface area contributed by atoms with Crippen LogP contribution in [0.2, 0.25) is 0 Å². The van der Waals surface area contributed by atoms with E-state index in [4.69, 9.17) is 4.74 Å². The number of carbonyl (C=O) groups is 2. The van der Waals surface area contributed by atoms with Gasteiger partial charge >= 0.3 is 0 Å². The molecule has 1 aliphatic heterocycles. The van der Waals surface area contributed by atoms with Gasteiger partial charge < -0.3 is 19.9 Å². The van der Waals surface area contributed by atoms with Crippen molar-refractivity contribution in [2.75, 3.05) is 33.7 Å². The zero-order valence-corrected chi connectivity index (χ0v) is 23.3. The summed E-state index contributed by atoms with van der Waals surface area (Å²) in [6, 6.07) is 12.2. The average molecular weight is 551 g/mol. The van der Waals surface area contributed by atoms with E-state index in [1.807, 2.05) is 36.0 Å². The maximum atomic E-state index is 13.8. The van der Waals surface area contributed by atoms with Crippen molar-refractivity contribution >= 4 is 23.2 Å². The number of hydrogen-bond donors (Lipinski definition) is 1. The first-order valence-corrected chi connectivity index (χ1v) is 14.5. The molecule has 39 heavy (non-hydrogen) atoms. The number of benzene rings is 2. The number of aromatic nitrogens is 1. The summed E-state index contributed by atoms with van der Waals surface area (Å²) in [6.45, 7) is 2.19. The minimum atomic E-state index is -0.297. The molecule has 1 fully saturated rings. The largest absolute Gasteiger partial charge is 0.486 e. The van der Waals surface area contributed by atoms with E-state index in [0.717, 1.165) is 55.3 Å². The number of halogens is 1. The zero-order valence-electron chi connectivity index (χ0n) is 22.5. The van der Waals surface area contributed by atoms with E-state index in [9.17, 15) is 14.0 Å². The first kappa shape index (κ1) is 27.3. The van der Waals surface area contributed by atoms with Gasteiger partial charge in [0.05, 0.1) is 6.04 Å². The van der Waals surface area contributed by atoms with Gasteiger partial charge in [0.25, 0.3) is 5.91 Å². The van der Waals surface area contributed by atoms with E-state index in [1.165, 1.54) is 23.5 Å². The van der Waals surface area contributed by atoms with Crippen molar-refractivity contribution in [1.82, 2.24) is 20.1 Å². The summed E-state index contributed by atoms with van der Waals surface area (Å²) in [5.74, 6) is 0.436. The molecule has 9 heteroatoms. The minimum Gasteiger partial charge on any atom is -0.486 e. The molecule has 0 bridgehead atoms. The highest BCUT2D eigenvalue weighted by atomic mass is 32.1. The molecule has 7 nitrogen and oxygen atoms in total. The molecule has 0 saturated heterocycles. The van der Waals surface area contributed by atoms with Gasteiger partial charge in [-0.05, 0) is 74.3 Å². The van der Waals surface area contributed by atoms with Gasteiger partial charge in [0.15, 0.2) is 0 Å². The smallest absolute Gasteiger partial charge is 0.270 e. The third-order valence-corrected chi connectivity index (χ3v) is 8.33. The van der Waals surface area contributed by atoms with Gasteiger partial charge in [0.2, 0.25) is 5.91 Å². The fraction of sp³-hybridized carbons (Fsp3) is 0.433. The summed E-state index contributed by atoms with van der Waals surface area (Å²) in [5, 5.41) is 5.33. The van der Waals surface area contributed by atoms with Crippen LogP contribution in [-0.2, 0) is 17.8 Å². The molecule has 1 saturated carbocycles. The lowest BCUT2D eigenvalue weighted by molar-refractivity contribution is -0.137. The number of likely N-dealkylation sites (N-methyl/N-ethyl adjacent to an activating group) is 1. The molecular weight excluding hydrogens is 515 g/mol. The minimum absolute atomic E-state index is 0.0631. The van der Waals surface area contributed by atoms with Gasteiger partial charge in [-0.25, -0.2) is 9.37 Å². The second-order valence-electron chi connectivity index (χ2n) is 10.6. The second kappa shape index (κ2) is 12.3. The fourth-order valence-corrected chi connectivity index (χ4v) is 6.13. The van der Waals surface area contributed by atoms with Crippen molar-refractivity contribution in [2.45, 2.75) is 44.8 Å². The van der Waals surface area contributed by atoms with Crippen LogP contribution in [0.5, 0.6) is 5.75 Å². The van der Waals surface area contributed by atoms with Crippen LogP contribution in [0.25, 0.3) is 0 Å². The van der Waals surface area contributed by atoms with Crippen LogP contribution in [0.15, 0.2) is 47.8 Å². The first-order chi connectivity index (χ1) is 18.9. The SMILES string of the molecule is CN(C)CCNC(=O)c1csc(COc2ccc3c(c2)C(c2ccc(F)cc2)N(C(=O)C2CCCC2)CC3)n1. The van der Waals surface area contributed by atoms with Gasteiger partial charge in [-0.2, -0.15) is 0 Å². The van der Waals surface area contributed by atoms with Crippen molar-refractivity contribution in [3.8, 4) is 5.75 Å². The number of nitrogens with one attached hydrogen (secondary N) is 1. The van der Waals surface area contributed by atoms with E-state index < -0.39 is 0 Å². The molecule has 1 N–H and O–H groups in total. The Bertz CT molecular complexity index is 1300. The molecule has 206 valence electrons. The first-order valence-electron chi connectivity index (χ1n) is 13.6. The molecule has 3 aromatic rings. The Morgan fingerprint density at radius 2 is 1.92 bits per heavy atom. The van der Waals surface area contributed by atoms with Crippen LogP contribution in [0.3, 0.4) is 0 Å². The van der Waals surface area contributed by atoms with Gasteiger partial charge in [-0.3, -0.25) is 9.59 Å². The van der Waals surface area contributed by atoms with Gasteiger partial charge in [0.1, 0.15) is 28.9 Å². The predicted octanol–water partition coefficient (Wildman–Crippen LogP) is 4.82. The number of hydrogen-bond acceptors (Lipinski definition) is 6. The molecule has 0 spiro atoms. The summed E-state index contributed by atoms with van der Waals surface area (Å²) in [4.78, 5) is 34.4. The molecule has 0 radical (unpaired) electrons.